The van der Waals surface area contributed by atoms with Gasteiger partial charge in [0, 0.05) is 5.54 Å². The second-order valence-corrected chi connectivity index (χ2v) is 5.07. The number of benzene rings is 1. The van der Waals surface area contributed by atoms with Crippen LogP contribution in [0.25, 0.3) is 6.08 Å². The van der Waals surface area contributed by atoms with Gasteiger partial charge in [0.05, 0.1) is 0 Å². The van der Waals surface area contributed by atoms with Crippen molar-refractivity contribution in [3.8, 4) is 0 Å². The van der Waals surface area contributed by atoms with E-state index in [2.05, 4.69) is 5.32 Å². The van der Waals surface area contributed by atoms with Gasteiger partial charge in [-0.05, 0) is 32.4 Å². The van der Waals surface area contributed by atoms with E-state index in [1.165, 1.54) is 6.08 Å². The van der Waals surface area contributed by atoms with Crippen LogP contribution in [0.5, 0.6) is 0 Å². The molecule has 0 fully saturated rings. The third-order valence-corrected chi connectivity index (χ3v) is 2.08. The second kappa shape index (κ2) is 5.29. The number of nitrogens with one attached hydrogen (secondary N) is 1. The summed E-state index contributed by atoms with van der Waals surface area (Å²) < 4.78 is 27.1. The molecule has 0 saturated carbocycles. The van der Waals surface area contributed by atoms with Crippen LogP contribution >= 0.6 is 0 Å². The molecule has 0 aliphatic heterocycles. The Morgan fingerprint density at radius 2 is 1.72 bits per heavy atom. The van der Waals surface area contributed by atoms with Gasteiger partial charge in [0.15, 0.2) is 0 Å². The fourth-order valence-corrected chi connectivity index (χ4v) is 1.26. The van der Waals surface area contributed by atoms with E-state index in [9.17, 15) is 13.6 Å². The molecule has 0 aromatic heterocycles. The Hall–Kier alpha value is -1.71. The summed E-state index contributed by atoms with van der Waals surface area (Å²) >= 11 is 0. The van der Waals surface area contributed by atoms with Gasteiger partial charge in [-0.1, -0.05) is 36.4 Å². The van der Waals surface area contributed by atoms with Gasteiger partial charge < -0.3 is 5.32 Å². The SMILES string of the molecule is CC(C)(C)NC(=O)C(F)(F)/C=C/c1ccccc1. The lowest BCUT2D eigenvalue weighted by atomic mass is 10.1. The molecule has 0 aliphatic carbocycles. The van der Waals surface area contributed by atoms with E-state index in [1.807, 2.05) is 0 Å². The van der Waals surface area contributed by atoms with Crippen LogP contribution in [0.1, 0.15) is 26.3 Å². The average Bonchev–Trinajstić information content (AvgIpc) is 2.26. The molecule has 1 rings (SSSR count). The van der Waals surface area contributed by atoms with Crippen molar-refractivity contribution in [2.75, 3.05) is 0 Å². The summed E-state index contributed by atoms with van der Waals surface area (Å²) in [6, 6.07) is 8.66. The fourth-order valence-electron chi connectivity index (χ4n) is 1.26. The normalized spacial score (nSPS) is 12.7. The first-order chi connectivity index (χ1) is 8.21. The Morgan fingerprint density at radius 1 is 1.17 bits per heavy atom. The molecule has 0 atom stereocenters. The molecule has 0 bridgehead atoms. The molecule has 1 amide bonds. The summed E-state index contributed by atoms with van der Waals surface area (Å²) in [6.45, 7) is 4.96. The Labute approximate surface area is 106 Å². The number of rotatable bonds is 3. The number of hydrogen-bond donors (Lipinski definition) is 1. The largest absolute Gasteiger partial charge is 0.346 e. The average molecular weight is 253 g/mol. The molecule has 1 aromatic rings. The maximum Gasteiger partial charge on any atom is 0.343 e. The van der Waals surface area contributed by atoms with E-state index in [-0.39, 0.29) is 0 Å². The number of carbonyl (C=O) groups excluding carboxylic acids is 1. The molecular weight excluding hydrogens is 236 g/mol. The van der Waals surface area contributed by atoms with Gasteiger partial charge in [0.2, 0.25) is 0 Å². The van der Waals surface area contributed by atoms with E-state index in [0.717, 1.165) is 0 Å². The highest BCUT2D eigenvalue weighted by atomic mass is 19.3. The lowest BCUT2D eigenvalue weighted by molar-refractivity contribution is -0.140. The van der Waals surface area contributed by atoms with Gasteiger partial charge in [-0.3, -0.25) is 4.79 Å². The number of amides is 1. The van der Waals surface area contributed by atoms with Crippen molar-refractivity contribution in [3.63, 3.8) is 0 Å². The first-order valence-corrected chi connectivity index (χ1v) is 5.65. The summed E-state index contributed by atoms with van der Waals surface area (Å²) in [5.41, 5.74) is -0.0538. The van der Waals surface area contributed by atoms with Crippen LogP contribution in [0.15, 0.2) is 36.4 Å². The van der Waals surface area contributed by atoms with Gasteiger partial charge in [-0.15, -0.1) is 0 Å². The third kappa shape index (κ3) is 4.65. The van der Waals surface area contributed by atoms with Gasteiger partial charge in [-0.25, -0.2) is 0 Å². The van der Waals surface area contributed by atoms with Crippen LogP contribution < -0.4 is 5.32 Å². The van der Waals surface area contributed by atoms with Gasteiger partial charge >= 0.3 is 5.92 Å². The molecule has 0 heterocycles. The lowest BCUT2D eigenvalue weighted by Crippen LogP contribution is -2.48. The minimum Gasteiger partial charge on any atom is -0.346 e. The van der Waals surface area contributed by atoms with Crippen LogP contribution in [0.3, 0.4) is 0 Å². The standard InChI is InChI=1S/C14H17F2NO/c1-13(2,3)17-12(18)14(15,16)10-9-11-7-5-4-6-8-11/h4-10H,1-3H3,(H,17,18)/b10-9+. The third-order valence-electron chi connectivity index (χ3n) is 2.08. The van der Waals surface area contributed by atoms with E-state index >= 15 is 0 Å². The summed E-state index contributed by atoms with van der Waals surface area (Å²) in [4.78, 5) is 11.4. The second-order valence-electron chi connectivity index (χ2n) is 5.07. The molecule has 0 aliphatic rings. The van der Waals surface area contributed by atoms with Crippen LogP contribution in [0.2, 0.25) is 0 Å². The molecule has 2 nitrogen and oxygen atoms in total. The smallest absolute Gasteiger partial charge is 0.343 e. The maximum atomic E-state index is 13.5. The van der Waals surface area contributed by atoms with E-state index < -0.39 is 17.4 Å². The lowest BCUT2D eigenvalue weighted by Gasteiger charge is -2.23. The Morgan fingerprint density at radius 3 is 2.22 bits per heavy atom. The molecule has 0 unspecified atom stereocenters. The van der Waals surface area contributed by atoms with Crippen molar-refractivity contribution in [2.24, 2.45) is 0 Å². The quantitative estimate of drug-likeness (QED) is 0.880. The molecular formula is C14H17F2NO. The van der Waals surface area contributed by atoms with Crippen LogP contribution in [-0.4, -0.2) is 17.4 Å². The highest BCUT2D eigenvalue weighted by molar-refractivity contribution is 5.87. The molecule has 0 radical (unpaired) electrons. The van der Waals surface area contributed by atoms with Crippen molar-refractivity contribution in [2.45, 2.75) is 32.2 Å². The number of alkyl halides is 2. The molecule has 4 heteroatoms. The Bertz CT molecular complexity index is 433. The molecule has 0 saturated heterocycles. The predicted molar refractivity (Wildman–Crippen MR) is 68.3 cm³/mol. The fraction of sp³-hybridized carbons (Fsp3) is 0.357. The zero-order chi connectivity index (χ0) is 13.8. The molecule has 98 valence electrons. The number of carbonyl (C=O) groups is 1. The molecule has 18 heavy (non-hydrogen) atoms. The zero-order valence-electron chi connectivity index (χ0n) is 10.7. The highest BCUT2D eigenvalue weighted by Crippen LogP contribution is 2.19. The first-order valence-electron chi connectivity index (χ1n) is 5.65. The summed E-state index contributed by atoms with van der Waals surface area (Å²) in [7, 11) is 0. The van der Waals surface area contributed by atoms with Crippen LogP contribution in [0, 0.1) is 0 Å². The zero-order valence-corrected chi connectivity index (χ0v) is 10.7. The Balaban J connectivity index is 2.76. The van der Waals surface area contributed by atoms with E-state index in [0.29, 0.717) is 11.6 Å². The first kappa shape index (κ1) is 14.4. The van der Waals surface area contributed by atoms with Crippen molar-refractivity contribution < 1.29 is 13.6 Å². The van der Waals surface area contributed by atoms with E-state index in [1.54, 1.807) is 51.1 Å². The summed E-state index contributed by atoms with van der Waals surface area (Å²) in [6.07, 6.45) is 1.85. The summed E-state index contributed by atoms with van der Waals surface area (Å²) in [5.74, 6) is -4.80. The van der Waals surface area contributed by atoms with Gasteiger partial charge in [0.1, 0.15) is 0 Å². The number of halogens is 2. The summed E-state index contributed by atoms with van der Waals surface area (Å²) in [5, 5.41) is 2.26. The van der Waals surface area contributed by atoms with Crippen LogP contribution in [-0.2, 0) is 4.79 Å². The minimum atomic E-state index is -3.51. The predicted octanol–water partition coefficient (Wildman–Crippen LogP) is 3.25. The van der Waals surface area contributed by atoms with E-state index in [4.69, 9.17) is 0 Å². The van der Waals surface area contributed by atoms with Gasteiger partial charge in [0.25, 0.3) is 5.91 Å². The molecule has 1 N–H and O–H groups in total. The highest BCUT2D eigenvalue weighted by Gasteiger charge is 2.37. The molecule has 1 aromatic carbocycles. The van der Waals surface area contributed by atoms with Gasteiger partial charge in [-0.2, -0.15) is 8.78 Å². The Kier molecular flexibility index (Phi) is 4.22. The van der Waals surface area contributed by atoms with Crippen LogP contribution in [0.4, 0.5) is 8.78 Å². The van der Waals surface area contributed by atoms with Crippen molar-refractivity contribution >= 4 is 12.0 Å². The van der Waals surface area contributed by atoms with Crippen molar-refractivity contribution in [1.82, 2.24) is 5.32 Å². The molecule has 0 spiro atoms. The van der Waals surface area contributed by atoms with Crippen molar-refractivity contribution in [1.29, 1.82) is 0 Å². The topological polar surface area (TPSA) is 29.1 Å². The number of hydrogen-bond acceptors (Lipinski definition) is 1. The maximum absolute atomic E-state index is 13.5. The monoisotopic (exact) mass is 253 g/mol. The minimum absolute atomic E-state index is 0.614. The van der Waals surface area contributed by atoms with Crippen molar-refractivity contribution in [3.05, 3.63) is 42.0 Å².